The molecule has 0 radical (unpaired) electrons. The highest BCUT2D eigenvalue weighted by molar-refractivity contribution is 5.90. The molecule has 1 aliphatic rings. The predicted octanol–water partition coefficient (Wildman–Crippen LogP) is 5.48. The van der Waals surface area contributed by atoms with Crippen LogP contribution in [0.4, 0.5) is 0 Å². The zero-order valence-corrected chi connectivity index (χ0v) is 21.2. The SMILES string of the molecule is CC[C@H](C(=O)NC1CCCCC1)N(Cc1cccc(OC)c1)C(=O)COc1cccc2ccccc12. The number of methoxy groups -OCH3 is 1. The van der Waals surface area contributed by atoms with Crippen LogP contribution in [0, 0.1) is 0 Å². The Hall–Kier alpha value is -3.54. The van der Waals surface area contributed by atoms with Crippen molar-refractivity contribution in [2.45, 2.75) is 64.1 Å². The molecule has 0 unspecified atom stereocenters. The molecule has 1 fully saturated rings. The van der Waals surface area contributed by atoms with Gasteiger partial charge in [0, 0.05) is 18.0 Å². The average molecular weight is 489 g/mol. The third-order valence-corrected chi connectivity index (χ3v) is 6.93. The van der Waals surface area contributed by atoms with Gasteiger partial charge in [0.25, 0.3) is 5.91 Å². The van der Waals surface area contributed by atoms with Crippen LogP contribution in [0.3, 0.4) is 0 Å². The Labute approximate surface area is 213 Å². The number of rotatable bonds is 10. The van der Waals surface area contributed by atoms with Crippen LogP contribution >= 0.6 is 0 Å². The summed E-state index contributed by atoms with van der Waals surface area (Å²) >= 11 is 0. The number of amides is 2. The maximum atomic E-state index is 13.6. The first-order chi connectivity index (χ1) is 17.6. The first kappa shape index (κ1) is 25.5. The van der Waals surface area contributed by atoms with Crippen LogP contribution in [0.2, 0.25) is 0 Å². The number of hydrogen-bond acceptors (Lipinski definition) is 4. The normalized spacial score (nSPS) is 14.7. The first-order valence-electron chi connectivity index (χ1n) is 12.9. The van der Waals surface area contributed by atoms with Crippen molar-refractivity contribution in [3.8, 4) is 11.5 Å². The third-order valence-electron chi connectivity index (χ3n) is 6.93. The Bertz CT molecular complexity index is 1170. The molecular formula is C30H36N2O4. The zero-order valence-electron chi connectivity index (χ0n) is 21.2. The van der Waals surface area contributed by atoms with Crippen LogP contribution in [0.15, 0.2) is 66.7 Å². The van der Waals surface area contributed by atoms with Crippen molar-refractivity contribution in [3.63, 3.8) is 0 Å². The van der Waals surface area contributed by atoms with Crippen LogP contribution in [0.1, 0.15) is 51.0 Å². The third kappa shape index (κ3) is 6.36. The molecular weight excluding hydrogens is 452 g/mol. The van der Waals surface area contributed by atoms with Crippen molar-refractivity contribution < 1.29 is 19.1 Å². The van der Waals surface area contributed by atoms with E-state index in [-0.39, 0.29) is 24.5 Å². The molecule has 36 heavy (non-hydrogen) atoms. The number of benzene rings is 3. The second kappa shape index (κ2) is 12.4. The van der Waals surface area contributed by atoms with Crippen molar-refractivity contribution in [2.75, 3.05) is 13.7 Å². The average Bonchev–Trinajstić information content (AvgIpc) is 2.92. The van der Waals surface area contributed by atoms with Gasteiger partial charge in [-0.1, -0.05) is 74.7 Å². The molecule has 0 spiro atoms. The number of ether oxygens (including phenoxy) is 2. The zero-order chi connectivity index (χ0) is 25.3. The van der Waals surface area contributed by atoms with Crippen molar-refractivity contribution in [1.82, 2.24) is 10.2 Å². The lowest BCUT2D eigenvalue weighted by Gasteiger charge is -2.32. The Morgan fingerprint density at radius 3 is 2.53 bits per heavy atom. The topological polar surface area (TPSA) is 67.9 Å². The van der Waals surface area contributed by atoms with E-state index in [1.54, 1.807) is 12.0 Å². The smallest absolute Gasteiger partial charge is 0.261 e. The number of hydrogen-bond donors (Lipinski definition) is 1. The minimum atomic E-state index is -0.582. The summed E-state index contributed by atoms with van der Waals surface area (Å²) in [4.78, 5) is 28.6. The molecule has 0 aliphatic heterocycles. The summed E-state index contributed by atoms with van der Waals surface area (Å²) in [6.45, 7) is 2.10. The van der Waals surface area contributed by atoms with Crippen molar-refractivity contribution in [3.05, 3.63) is 72.3 Å². The fraction of sp³-hybridized carbons (Fsp3) is 0.400. The largest absolute Gasteiger partial charge is 0.497 e. The second-order valence-corrected chi connectivity index (χ2v) is 9.41. The molecule has 1 atom stereocenters. The van der Waals surface area contributed by atoms with E-state index in [1.165, 1.54) is 6.42 Å². The lowest BCUT2D eigenvalue weighted by Crippen LogP contribution is -2.52. The molecule has 1 aliphatic carbocycles. The summed E-state index contributed by atoms with van der Waals surface area (Å²) in [7, 11) is 1.62. The van der Waals surface area contributed by atoms with Gasteiger partial charge in [0.05, 0.1) is 7.11 Å². The minimum absolute atomic E-state index is 0.0918. The second-order valence-electron chi connectivity index (χ2n) is 9.41. The van der Waals surface area contributed by atoms with Gasteiger partial charge in [0.2, 0.25) is 5.91 Å². The van der Waals surface area contributed by atoms with Gasteiger partial charge in [-0.15, -0.1) is 0 Å². The monoisotopic (exact) mass is 488 g/mol. The van der Waals surface area contributed by atoms with Crippen LogP contribution in [-0.2, 0) is 16.1 Å². The fourth-order valence-corrected chi connectivity index (χ4v) is 4.98. The number of carbonyl (C=O) groups excluding carboxylic acids is 2. The molecule has 4 rings (SSSR count). The van der Waals surface area contributed by atoms with E-state index in [2.05, 4.69) is 5.32 Å². The van der Waals surface area contributed by atoms with E-state index in [9.17, 15) is 9.59 Å². The van der Waals surface area contributed by atoms with Crippen LogP contribution < -0.4 is 14.8 Å². The Morgan fingerprint density at radius 2 is 1.75 bits per heavy atom. The summed E-state index contributed by atoms with van der Waals surface area (Å²) in [6, 6.07) is 20.9. The van der Waals surface area contributed by atoms with Crippen LogP contribution in [-0.4, -0.2) is 42.5 Å². The van der Waals surface area contributed by atoms with Gasteiger partial charge in [-0.05, 0) is 48.4 Å². The molecule has 0 aromatic heterocycles. The quantitative estimate of drug-likeness (QED) is 0.410. The van der Waals surface area contributed by atoms with Crippen LogP contribution in [0.5, 0.6) is 11.5 Å². The van der Waals surface area contributed by atoms with Crippen molar-refractivity contribution in [2.24, 2.45) is 0 Å². The highest BCUT2D eigenvalue weighted by Gasteiger charge is 2.30. The minimum Gasteiger partial charge on any atom is -0.497 e. The molecule has 0 heterocycles. The molecule has 1 saturated carbocycles. The summed E-state index contributed by atoms with van der Waals surface area (Å²) in [5.74, 6) is 1.05. The van der Waals surface area contributed by atoms with Gasteiger partial charge in [0.1, 0.15) is 17.5 Å². The van der Waals surface area contributed by atoms with Crippen LogP contribution in [0.25, 0.3) is 10.8 Å². The summed E-state index contributed by atoms with van der Waals surface area (Å²) in [5, 5.41) is 5.22. The number of nitrogens with one attached hydrogen (secondary N) is 1. The molecule has 0 bridgehead atoms. The van der Waals surface area contributed by atoms with E-state index in [4.69, 9.17) is 9.47 Å². The van der Waals surface area contributed by atoms with Gasteiger partial charge < -0.3 is 19.7 Å². The van der Waals surface area contributed by atoms with E-state index in [1.807, 2.05) is 73.7 Å². The van der Waals surface area contributed by atoms with E-state index >= 15 is 0 Å². The lowest BCUT2D eigenvalue weighted by atomic mass is 9.95. The van der Waals surface area contributed by atoms with Gasteiger partial charge in [-0.25, -0.2) is 0 Å². The number of nitrogens with zero attached hydrogens (tertiary/aromatic N) is 1. The van der Waals surface area contributed by atoms with Gasteiger partial charge in [0.15, 0.2) is 6.61 Å². The maximum Gasteiger partial charge on any atom is 0.261 e. The van der Waals surface area contributed by atoms with Crippen molar-refractivity contribution >= 4 is 22.6 Å². The summed E-state index contributed by atoms with van der Waals surface area (Å²) in [5.41, 5.74) is 0.900. The van der Waals surface area contributed by atoms with Gasteiger partial charge >= 0.3 is 0 Å². The number of carbonyl (C=O) groups is 2. The summed E-state index contributed by atoms with van der Waals surface area (Å²) in [6.07, 6.45) is 5.99. The number of fused-ring (bicyclic) bond motifs is 1. The molecule has 1 N–H and O–H groups in total. The van der Waals surface area contributed by atoms with Crippen molar-refractivity contribution in [1.29, 1.82) is 0 Å². The fourth-order valence-electron chi connectivity index (χ4n) is 4.98. The summed E-state index contributed by atoms with van der Waals surface area (Å²) < 4.78 is 11.4. The maximum absolute atomic E-state index is 13.6. The molecule has 6 nitrogen and oxygen atoms in total. The molecule has 6 heteroatoms. The Morgan fingerprint density at radius 1 is 1.00 bits per heavy atom. The molecule has 2 amide bonds. The van der Waals surface area contributed by atoms with E-state index in [0.29, 0.717) is 24.5 Å². The molecule has 3 aromatic carbocycles. The van der Waals surface area contributed by atoms with E-state index < -0.39 is 6.04 Å². The molecule has 190 valence electrons. The lowest BCUT2D eigenvalue weighted by molar-refractivity contribution is -0.143. The van der Waals surface area contributed by atoms with Gasteiger partial charge in [-0.3, -0.25) is 9.59 Å². The van der Waals surface area contributed by atoms with Gasteiger partial charge in [-0.2, -0.15) is 0 Å². The van der Waals surface area contributed by atoms with E-state index in [0.717, 1.165) is 42.0 Å². The standard InChI is InChI=1S/C30H36N2O4/c1-3-27(30(34)31-24-14-5-4-6-15-24)32(20-22-11-9-16-25(19-22)35-2)29(33)21-36-28-18-10-13-23-12-7-8-17-26(23)28/h7-13,16-19,24,27H,3-6,14-15,20-21H2,1-2H3,(H,31,34)/t27-/m1/s1. The highest BCUT2D eigenvalue weighted by Crippen LogP contribution is 2.26. The first-order valence-corrected chi connectivity index (χ1v) is 12.9. The Balaban J connectivity index is 1.54. The predicted molar refractivity (Wildman–Crippen MR) is 142 cm³/mol. The highest BCUT2D eigenvalue weighted by atomic mass is 16.5. The Kier molecular flexibility index (Phi) is 8.82. The molecule has 3 aromatic rings. The molecule has 0 saturated heterocycles.